The van der Waals surface area contributed by atoms with Crippen molar-refractivity contribution in [3.63, 3.8) is 0 Å². The van der Waals surface area contributed by atoms with Gasteiger partial charge < -0.3 is 5.32 Å². The van der Waals surface area contributed by atoms with Crippen molar-refractivity contribution in [1.82, 2.24) is 4.98 Å². The van der Waals surface area contributed by atoms with Crippen molar-refractivity contribution in [2.45, 2.75) is 25.6 Å². The predicted molar refractivity (Wildman–Crippen MR) is 68.4 cm³/mol. The summed E-state index contributed by atoms with van der Waals surface area (Å²) in [6.07, 6.45) is -5.06. The molecule has 1 aromatic heterocycles. The van der Waals surface area contributed by atoms with Crippen LogP contribution < -0.4 is 5.32 Å². The average Bonchev–Trinajstić information content (AvgIpc) is 2.55. The van der Waals surface area contributed by atoms with Gasteiger partial charge in [-0.2, -0.15) is 13.2 Å². The number of thiazole rings is 1. The topological polar surface area (TPSA) is 24.9 Å². The Kier molecular flexibility index (Phi) is 3.68. The summed E-state index contributed by atoms with van der Waals surface area (Å²) in [6, 6.07) is 4.51. The Hall–Kier alpha value is -1.01. The van der Waals surface area contributed by atoms with Gasteiger partial charge in [0, 0.05) is 11.1 Å². The highest BCUT2D eigenvalue weighted by Crippen LogP contribution is 2.30. The smallest absolute Gasteiger partial charge is 0.359 e. The van der Waals surface area contributed by atoms with Crippen molar-refractivity contribution in [1.29, 1.82) is 0 Å². The zero-order valence-electron chi connectivity index (χ0n) is 9.38. The zero-order valence-corrected chi connectivity index (χ0v) is 11.0. The number of benzene rings is 1. The zero-order chi connectivity index (χ0) is 13.3. The second kappa shape index (κ2) is 4.93. The lowest BCUT2D eigenvalue weighted by Gasteiger charge is -2.14. The monoisotopic (exact) mass is 294 g/mol. The molecule has 1 heterocycles. The Morgan fingerprint density at radius 1 is 1.44 bits per heavy atom. The van der Waals surface area contributed by atoms with Crippen molar-refractivity contribution in [3.05, 3.63) is 23.2 Å². The number of rotatable bonds is 3. The molecule has 0 aliphatic heterocycles. The standard InChI is InChI=1S/C11H10ClF3N2S/c1-6(5-11(13,14)15)16-10-17-8-4-7(12)2-3-9(8)18-10/h2-4,6H,5H2,1H3,(H,16,17). The van der Waals surface area contributed by atoms with Crippen molar-refractivity contribution in [3.8, 4) is 0 Å². The van der Waals surface area contributed by atoms with Gasteiger partial charge in [-0.25, -0.2) is 4.98 Å². The molecule has 0 saturated carbocycles. The first kappa shape index (κ1) is 13.4. The van der Waals surface area contributed by atoms with Crippen molar-refractivity contribution in [2.24, 2.45) is 0 Å². The predicted octanol–water partition coefficient (Wildman–Crippen LogP) is 4.70. The lowest BCUT2D eigenvalue weighted by molar-refractivity contribution is -0.136. The third-order valence-electron chi connectivity index (χ3n) is 2.26. The Morgan fingerprint density at radius 3 is 2.83 bits per heavy atom. The third-order valence-corrected chi connectivity index (χ3v) is 3.46. The fraction of sp³-hybridized carbons (Fsp3) is 0.364. The molecule has 2 rings (SSSR count). The van der Waals surface area contributed by atoms with Gasteiger partial charge in [0.15, 0.2) is 5.13 Å². The van der Waals surface area contributed by atoms with Crippen LogP contribution in [0.3, 0.4) is 0 Å². The Balaban J connectivity index is 2.12. The minimum Gasteiger partial charge on any atom is -0.359 e. The maximum absolute atomic E-state index is 12.2. The second-order valence-corrected chi connectivity index (χ2v) is 5.46. The van der Waals surface area contributed by atoms with E-state index in [0.29, 0.717) is 15.7 Å². The molecule has 1 aromatic carbocycles. The molecule has 0 saturated heterocycles. The van der Waals surface area contributed by atoms with Crippen LogP contribution in [0, 0.1) is 0 Å². The largest absolute Gasteiger partial charge is 0.391 e. The van der Waals surface area contributed by atoms with E-state index in [4.69, 9.17) is 11.6 Å². The lowest BCUT2D eigenvalue weighted by Crippen LogP contribution is -2.23. The van der Waals surface area contributed by atoms with Crippen molar-refractivity contribution < 1.29 is 13.2 Å². The number of nitrogens with zero attached hydrogens (tertiary/aromatic N) is 1. The van der Waals surface area contributed by atoms with Crippen molar-refractivity contribution in [2.75, 3.05) is 5.32 Å². The molecular weight excluding hydrogens is 285 g/mol. The lowest BCUT2D eigenvalue weighted by atomic mass is 10.2. The van der Waals surface area contributed by atoms with Gasteiger partial charge in [-0.15, -0.1) is 0 Å². The molecule has 1 atom stereocenters. The van der Waals surface area contributed by atoms with Gasteiger partial charge in [-0.3, -0.25) is 0 Å². The first-order valence-electron chi connectivity index (χ1n) is 5.23. The summed E-state index contributed by atoms with van der Waals surface area (Å²) in [5.41, 5.74) is 0.689. The van der Waals surface area contributed by atoms with Crippen LogP contribution in [0.2, 0.25) is 5.02 Å². The second-order valence-electron chi connectivity index (χ2n) is 4.00. The number of hydrogen-bond acceptors (Lipinski definition) is 3. The first-order chi connectivity index (χ1) is 8.33. The highest BCUT2D eigenvalue weighted by atomic mass is 35.5. The number of fused-ring (bicyclic) bond motifs is 1. The van der Waals surface area contributed by atoms with Crippen LogP contribution in [0.5, 0.6) is 0 Å². The maximum Gasteiger partial charge on any atom is 0.391 e. The van der Waals surface area contributed by atoms with E-state index in [0.717, 1.165) is 4.70 Å². The molecule has 0 spiro atoms. The summed E-state index contributed by atoms with van der Waals surface area (Å²) < 4.78 is 37.5. The summed E-state index contributed by atoms with van der Waals surface area (Å²) in [6.45, 7) is 1.48. The van der Waals surface area contributed by atoms with Crippen LogP contribution in [-0.2, 0) is 0 Å². The summed E-state index contributed by atoms with van der Waals surface area (Å²) in [4.78, 5) is 4.20. The van der Waals surface area contributed by atoms with Crippen LogP contribution in [0.1, 0.15) is 13.3 Å². The van der Waals surface area contributed by atoms with E-state index >= 15 is 0 Å². The Labute approximate surface area is 111 Å². The molecule has 18 heavy (non-hydrogen) atoms. The fourth-order valence-electron chi connectivity index (χ4n) is 1.57. The molecule has 7 heteroatoms. The van der Waals surface area contributed by atoms with Gasteiger partial charge >= 0.3 is 6.18 Å². The number of alkyl halides is 3. The van der Waals surface area contributed by atoms with E-state index in [2.05, 4.69) is 10.3 Å². The SMILES string of the molecule is CC(CC(F)(F)F)Nc1nc2cc(Cl)ccc2s1. The van der Waals surface area contributed by atoms with Gasteiger partial charge in [0.2, 0.25) is 0 Å². The molecule has 1 N–H and O–H groups in total. The highest BCUT2D eigenvalue weighted by Gasteiger charge is 2.30. The first-order valence-corrected chi connectivity index (χ1v) is 6.42. The number of hydrogen-bond donors (Lipinski definition) is 1. The Morgan fingerprint density at radius 2 is 2.17 bits per heavy atom. The molecule has 0 aliphatic carbocycles. The van der Waals surface area contributed by atoms with Crippen LogP contribution in [0.4, 0.5) is 18.3 Å². The number of anilines is 1. The fourth-order valence-corrected chi connectivity index (χ4v) is 2.70. The van der Waals surface area contributed by atoms with E-state index in [9.17, 15) is 13.2 Å². The molecule has 2 nitrogen and oxygen atoms in total. The molecule has 98 valence electrons. The summed E-state index contributed by atoms with van der Waals surface area (Å²) in [7, 11) is 0. The van der Waals surface area contributed by atoms with Crippen molar-refractivity contribution >= 4 is 38.3 Å². The van der Waals surface area contributed by atoms with Gasteiger partial charge in [0.05, 0.1) is 16.6 Å². The van der Waals surface area contributed by atoms with Gasteiger partial charge in [-0.05, 0) is 25.1 Å². The van der Waals surface area contributed by atoms with Crippen LogP contribution in [0.15, 0.2) is 18.2 Å². The molecule has 0 aliphatic rings. The molecule has 2 aromatic rings. The number of nitrogens with one attached hydrogen (secondary N) is 1. The highest BCUT2D eigenvalue weighted by molar-refractivity contribution is 7.22. The van der Waals surface area contributed by atoms with E-state index in [1.807, 2.05) is 0 Å². The molecule has 0 amide bonds. The molecule has 0 fully saturated rings. The average molecular weight is 295 g/mol. The minimum atomic E-state index is -4.17. The van der Waals surface area contributed by atoms with E-state index < -0.39 is 18.6 Å². The van der Waals surface area contributed by atoms with Crippen LogP contribution in [0.25, 0.3) is 10.2 Å². The molecular formula is C11H10ClF3N2S. The number of halogens is 4. The Bertz CT molecular complexity index is 553. The van der Waals surface area contributed by atoms with E-state index in [1.165, 1.54) is 18.3 Å². The number of aromatic nitrogens is 1. The molecule has 0 radical (unpaired) electrons. The van der Waals surface area contributed by atoms with Crippen LogP contribution in [-0.4, -0.2) is 17.2 Å². The third kappa shape index (κ3) is 3.49. The normalized spacial score (nSPS) is 13.8. The van der Waals surface area contributed by atoms with Crippen LogP contribution >= 0.6 is 22.9 Å². The summed E-state index contributed by atoms with van der Waals surface area (Å²) in [5.74, 6) is 0. The molecule has 1 unspecified atom stereocenters. The molecule has 0 bridgehead atoms. The van der Waals surface area contributed by atoms with Gasteiger partial charge in [0.25, 0.3) is 0 Å². The van der Waals surface area contributed by atoms with Gasteiger partial charge in [0.1, 0.15) is 0 Å². The minimum absolute atomic E-state index is 0.476. The van der Waals surface area contributed by atoms with Gasteiger partial charge in [-0.1, -0.05) is 22.9 Å². The maximum atomic E-state index is 12.2. The van der Waals surface area contributed by atoms with E-state index in [-0.39, 0.29) is 0 Å². The quantitative estimate of drug-likeness (QED) is 0.887. The van der Waals surface area contributed by atoms with E-state index in [1.54, 1.807) is 18.2 Å². The summed E-state index contributed by atoms with van der Waals surface area (Å²) in [5, 5.41) is 3.79. The summed E-state index contributed by atoms with van der Waals surface area (Å²) >= 11 is 7.13.